The van der Waals surface area contributed by atoms with Gasteiger partial charge in [-0.05, 0) is 24.5 Å². The number of nitrogens with zero attached hydrogens (tertiary/aromatic N) is 1. The summed E-state index contributed by atoms with van der Waals surface area (Å²) in [6.45, 7) is 0. The average molecular weight is 224 g/mol. The molecule has 0 atom stereocenters. The molecule has 1 aromatic rings. The molecular formula is C12H14ClNO. The summed E-state index contributed by atoms with van der Waals surface area (Å²) >= 11 is 5.96. The molecule has 1 aliphatic carbocycles. The first-order valence-electron chi connectivity index (χ1n) is 5.38. The van der Waals surface area contributed by atoms with Gasteiger partial charge in [0, 0.05) is 24.7 Å². The lowest BCUT2D eigenvalue weighted by Gasteiger charge is -2.08. The third kappa shape index (κ3) is 2.57. The quantitative estimate of drug-likeness (QED) is 0.789. The zero-order valence-electron chi connectivity index (χ0n) is 8.58. The second kappa shape index (κ2) is 4.75. The van der Waals surface area contributed by atoms with Crippen LogP contribution in [-0.2, 0) is 11.2 Å². The molecule has 0 N–H and O–H groups in total. The maximum atomic E-state index is 11.9. The van der Waals surface area contributed by atoms with Gasteiger partial charge in [0.15, 0.2) is 0 Å². The van der Waals surface area contributed by atoms with Gasteiger partial charge in [-0.1, -0.05) is 24.4 Å². The van der Waals surface area contributed by atoms with Gasteiger partial charge < -0.3 is 0 Å². The topological polar surface area (TPSA) is 30.0 Å². The van der Waals surface area contributed by atoms with Crippen molar-refractivity contribution < 1.29 is 4.79 Å². The van der Waals surface area contributed by atoms with Crippen molar-refractivity contribution in [2.24, 2.45) is 5.92 Å². The number of Topliss-reactive ketones (excluding diaryl/α,β-unsaturated/α-hetero) is 1. The lowest BCUT2D eigenvalue weighted by molar-refractivity contribution is -0.122. The molecule has 0 radical (unpaired) electrons. The summed E-state index contributed by atoms with van der Waals surface area (Å²) < 4.78 is 0. The van der Waals surface area contributed by atoms with E-state index in [1.165, 1.54) is 12.8 Å². The van der Waals surface area contributed by atoms with Gasteiger partial charge in [0.2, 0.25) is 0 Å². The first-order chi connectivity index (χ1) is 7.27. The average Bonchev–Trinajstić information content (AvgIpc) is 2.74. The monoisotopic (exact) mass is 223 g/mol. The highest BCUT2D eigenvalue weighted by Gasteiger charge is 2.22. The largest absolute Gasteiger partial charge is 0.299 e. The molecule has 1 aromatic heterocycles. The van der Waals surface area contributed by atoms with E-state index in [1.807, 2.05) is 6.07 Å². The minimum atomic E-state index is 0.272. The van der Waals surface area contributed by atoms with Crippen molar-refractivity contribution in [2.75, 3.05) is 0 Å². The minimum absolute atomic E-state index is 0.272. The van der Waals surface area contributed by atoms with Crippen molar-refractivity contribution in [3.63, 3.8) is 0 Å². The fourth-order valence-corrected chi connectivity index (χ4v) is 2.31. The van der Waals surface area contributed by atoms with E-state index < -0.39 is 0 Å². The van der Waals surface area contributed by atoms with Crippen LogP contribution in [-0.4, -0.2) is 10.8 Å². The van der Waals surface area contributed by atoms with Crippen LogP contribution in [0.2, 0.25) is 5.02 Å². The van der Waals surface area contributed by atoms with Gasteiger partial charge >= 0.3 is 0 Å². The smallest absolute Gasteiger partial charge is 0.140 e. The Labute approximate surface area is 94.7 Å². The Morgan fingerprint density at radius 3 is 2.87 bits per heavy atom. The molecule has 0 saturated heterocycles. The fraction of sp³-hybridized carbons (Fsp3) is 0.500. The number of aromatic nitrogens is 1. The van der Waals surface area contributed by atoms with Crippen molar-refractivity contribution in [2.45, 2.75) is 32.1 Å². The van der Waals surface area contributed by atoms with Crippen LogP contribution < -0.4 is 0 Å². The summed E-state index contributed by atoms with van der Waals surface area (Å²) in [5, 5.41) is 0.601. The molecule has 0 unspecified atom stereocenters. The van der Waals surface area contributed by atoms with Crippen LogP contribution in [0.4, 0.5) is 0 Å². The van der Waals surface area contributed by atoms with Crippen molar-refractivity contribution in [3.8, 4) is 0 Å². The molecular weight excluding hydrogens is 210 g/mol. The van der Waals surface area contributed by atoms with Crippen LogP contribution in [0.25, 0.3) is 0 Å². The van der Waals surface area contributed by atoms with E-state index in [0.717, 1.165) is 18.4 Å². The van der Waals surface area contributed by atoms with Crippen LogP contribution >= 0.6 is 11.6 Å². The van der Waals surface area contributed by atoms with Gasteiger partial charge in [-0.2, -0.15) is 0 Å². The van der Waals surface area contributed by atoms with E-state index in [4.69, 9.17) is 11.6 Å². The summed E-state index contributed by atoms with van der Waals surface area (Å²) in [6.07, 6.45) is 8.25. The number of carbonyl (C=O) groups is 1. The minimum Gasteiger partial charge on any atom is -0.299 e. The van der Waals surface area contributed by atoms with E-state index in [1.54, 1.807) is 12.4 Å². The highest BCUT2D eigenvalue weighted by Crippen LogP contribution is 2.27. The van der Waals surface area contributed by atoms with E-state index in [9.17, 15) is 4.79 Å². The molecule has 1 fully saturated rings. The summed E-state index contributed by atoms with van der Waals surface area (Å²) in [4.78, 5) is 15.8. The van der Waals surface area contributed by atoms with E-state index in [2.05, 4.69) is 4.98 Å². The molecule has 15 heavy (non-hydrogen) atoms. The Balaban J connectivity index is 2.02. The molecule has 80 valence electrons. The molecule has 1 saturated carbocycles. The molecule has 2 nitrogen and oxygen atoms in total. The molecule has 0 amide bonds. The molecule has 2 rings (SSSR count). The van der Waals surface area contributed by atoms with Crippen LogP contribution in [0, 0.1) is 5.92 Å². The lowest BCUT2D eigenvalue weighted by atomic mass is 9.97. The standard InChI is InChI=1S/C12H14ClNO/c13-11-8-14-6-5-10(11)7-12(15)9-3-1-2-4-9/h5-6,8-9H,1-4,7H2. The van der Waals surface area contributed by atoms with Gasteiger partial charge in [0.1, 0.15) is 5.78 Å². The zero-order chi connectivity index (χ0) is 10.7. The van der Waals surface area contributed by atoms with Gasteiger partial charge in [-0.15, -0.1) is 0 Å². The molecule has 3 heteroatoms. The third-order valence-corrected chi connectivity index (χ3v) is 3.37. The number of pyridine rings is 1. The molecule has 1 aliphatic rings. The van der Waals surface area contributed by atoms with Gasteiger partial charge in [-0.25, -0.2) is 0 Å². The molecule has 0 aliphatic heterocycles. The predicted octanol–water partition coefficient (Wildman–Crippen LogP) is 3.04. The number of rotatable bonds is 3. The second-order valence-corrected chi connectivity index (χ2v) is 4.50. The first kappa shape index (κ1) is 10.6. The third-order valence-electron chi connectivity index (χ3n) is 3.03. The normalized spacial score (nSPS) is 16.9. The Kier molecular flexibility index (Phi) is 3.37. The maximum Gasteiger partial charge on any atom is 0.140 e. The molecule has 1 heterocycles. The number of hydrogen-bond donors (Lipinski definition) is 0. The molecule has 0 spiro atoms. The van der Waals surface area contributed by atoms with E-state index in [0.29, 0.717) is 17.2 Å². The Morgan fingerprint density at radius 1 is 1.47 bits per heavy atom. The predicted molar refractivity (Wildman–Crippen MR) is 59.9 cm³/mol. The summed E-state index contributed by atoms with van der Waals surface area (Å²) in [7, 11) is 0. The Hall–Kier alpha value is -0.890. The Morgan fingerprint density at radius 2 is 2.20 bits per heavy atom. The van der Waals surface area contributed by atoms with Gasteiger partial charge in [0.25, 0.3) is 0 Å². The van der Waals surface area contributed by atoms with Gasteiger partial charge in [0.05, 0.1) is 5.02 Å². The number of ketones is 1. The highest BCUT2D eigenvalue weighted by molar-refractivity contribution is 6.31. The molecule has 0 aromatic carbocycles. The lowest BCUT2D eigenvalue weighted by Crippen LogP contribution is -2.13. The van der Waals surface area contributed by atoms with E-state index >= 15 is 0 Å². The van der Waals surface area contributed by atoms with Crippen LogP contribution in [0.5, 0.6) is 0 Å². The van der Waals surface area contributed by atoms with Crippen molar-refractivity contribution in [1.82, 2.24) is 4.98 Å². The Bertz CT molecular complexity index is 358. The summed E-state index contributed by atoms with van der Waals surface area (Å²) in [6, 6.07) is 1.83. The first-order valence-corrected chi connectivity index (χ1v) is 5.76. The fourth-order valence-electron chi connectivity index (χ4n) is 2.13. The zero-order valence-corrected chi connectivity index (χ0v) is 9.33. The number of carbonyl (C=O) groups excluding carboxylic acids is 1. The number of halogens is 1. The van der Waals surface area contributed by atoms with Crippen LogP contribution in [0.1, 0.15) is 31.2 Å². The maximum absolute atomic E-state index is 11.9. The SMILES string of the molecule is O=C(Cc1ccncc1Cl)C1CCCC1. The summed E-state index contributed by atoms with van der Waals surface area (Å²) in [5.74, 6) is 0.606. The molecule has 0 bridgehead atoms. The van der Waals surface area contributed by atoms with E-state index in [-0.39, 0.29) is 5.92 Å². The number of hydrogen-bond acceptors (Lipinski definition) is 2. The van der Waals surface area contributed by atoms with Gasteiger partial charge in [-0.3, -0.25) is 9.78 Å². The van der Waals surface area contributed by atoms with Crippen LogP contribution in [0.15, 0.2) is 18.5 Å². The van der Waals surface area contributed by atoms with Crippen molar-refractivity contribution in [1.29, 1.82) is 0 Å². The summed E-state index contributed by atoms with van der Waals surface area (Å²) in [5.41, 5.74) is 0.906. The second-order valence-electron chi connectivity index (χ2n) is 4.09. The highest BCUT2D eigenvalue weighted by atomic mass is 35.5. The van der Waals surface area contributed by atoms with Crippen molar-refractivity contribution in [3.05, 3.63) is 29.0 Å². The van der Waals surface area contributed by atoms with Crippen molar-refractivity contribution >= 4 is 17.4 Å². The van der Waals surface area contributed by atoms with Crippen LogP contribution in [0.3, 0.4) is 0 Å².